The van der Waals surface area contributed by atoms with E-state index in [-0.39, 0.29) is 0 Å². The van der Waals surface area contributed by atoms with Crippen molar-refractivity contribution < 1.29 is 0 Å². The van der Waals surface area contributed by atoms with E-state index in [2.05, 4.69) is 0 Å². The Morgan fingerprint density at radius 1 is 0.583 bits per heavy atom. The second-order valence-corrected chi connectivity index (χ2v) is 2.47. The van der Waals surface area contributed by atoms with Gasteiger partial charge in [0.2, 0.25) is 0 Å². The van der Waals surface area contributed by atoms with E-state index in [9.17, 15) is 0 Å². The Kier molecular flexibility index (Phi) is 3.05. The second kappa shape index (κ2) is 3.15. The summed E-state index contributed by atoms with van der Waals surface area (Å²) in [7, 11) is 0. The van der Waals surface area contributed by atoms with Crippen molar-refractivity contribution in [2.24, 2.45) is 46.3 Å². The highest BCUT2D eigenvalue weighted by Gasteiger charge is 2.46. The molecule has 0 aromatic carbocycles. The molecule has 10 heteroatoms. The Morgan fingerprint density at radius 2 is 0.750 bits per heavy atom. The molecule has 0 bridgehead atoms. The summed E-state index contributed by atoms with van der Waals surface area (Å²) in [5, 5.41) is 0.833. The van der Waals surface area contributed by atoms with E-state index in [0.717, 1.165) is 0 Å². The molecule has 0 fully saturated rings. The second-order valence-electron chi connectivity index (χ2n) is 2.47. The first-order valence-electron chi connectivity index (χ1n) is 2.88. The van der Waals surface area contributed by atoms with Crippen molar-refractivity contribution in [1.29, 1.82) is 0 Å². The fourth-order valence-electron chi connectivity index (χ4n) is 0.414. The van der Waals surface area contributed by atoms with Gasteiger partial charge in [0, 0.05) is 0 Å². The average Bonchev–Trinajstić information content (AvgIpc) is 1.86. The predicted molar refractivity (Wildman–Crippen MR) is 42.6 cm³/mol. The third-order valence-corrected chi connectivity index (χ3v) is 1.50. The van der Waals surface area contributed by atoms with Gasteiger partial charge in [-0.05, 0) is 0 Å². The maximum absolute atomic E-state index is 5.34. The lowest BCUT2D eigenvalue weighted by Gasteiger charge is -2.45. The minimum atomic E-state index is -1.96. The Bertz CT molecular complexity index is 128. The SMILES string of the molecule is NN(N)C(N)(N)C(N)(N)N(N)N. The molecule has 0 spiro atoms. The number of hydrazine groups is 4. The summed E-state index contributed by atoms with van der Waals surface area (Å²) in [4.78, 5) is 0. The van der Waals surface area contributed by atoms with E-state index in [0.29, 0.717) is 10.2 Å². The van der Waals surface area contributed by atoms with E-state index < -0.39 is 11.6 Å². The molecule has 16 N–H and O–H groups in total. The van der Waals surface area contributed by atoms with Gasteiger partial charge in [0.1, 0.15) is 0 Å². The zero-order chi connectivity index (χ0) is 10.2. The minimum Gasteiger partial charge on any atom is -0.295 e. The normalized spacial score (nSPS) is 14.5. The summed E-state index contributed by atoms with van der Waals surface area (Å²) in [5.74, 6) is 16.3. The van der Waals surface area contributed by atoms with E-state index in [4.69, 9.17) is 46.3 Å². The van der Waals surface area contributed by atoms with Crippen molar-refractivity contribution >= 4 is 0 Å². The van der Waals surface area contributed by atoms with Crippen LogP contribution in [0.3, 0.4) is 0 Å². The molecule has 0 aliphatic carbocycles. The van der Waals surface area contributed by atoms with Crippen LogP contribution in [-0.4, -0.2) is 21.8 Å². The average molecular weight is 180 g/mol. The number of nitrogens with two attached hydrogens (primary N) is 8. The summed E-state index contributed by atoms with van der Waals surface area (Å²) < 4.78 is 0. The summed E-state index contributed by atoms with van der Waals surface area (Å²) in [6, 6.07) is 0. The molecule has 0 aromatic heterocycles. The Labute approximate surface area is 69.2 Å². The fraction of sp³-hybridized carbons (Fsp3) is 1.00. The lowest BCUT2D eigenvalue weighted by molar-refractivity contribution is -0.0716. The van der Waals surface area contributed by atoms with Crippen LogP contribution in [0.15, 0.2) is 0 Å². The van der Waals surface area contributed by atoms with Gasteiger partial charge in [0.25, 0.3) is 0 Å². The van der Waals surface area contributed by atoms with Gasteiger partial charge in [-0.2, -0.15) is 0 Å². The summed E-state index contributed by atoms with van der Waals surface area (Å²) in [6.07, 6.45) is 0. The number of rotatable bonds is 3. The molecular weight excluding hydrogens is 164 g/mol. The van der Waals surface area contributed by atoms with Crippen molar-refractivity contribution in [2.45, 2.75) is 11.6 Å². The summed E-state index contributed by atoms with van der Waals surface area (Å²) in [5.41, 5.74) is 21.4. The third-order valence-electron chi connectivity index (χ3n) is 1.50. The molecule has 0 saturated heterocycles. The van der Waals surface area contributed by atoms with E-state index in [1.165, 1.54) is 0 Å². The third kappa shape index (κ3) is 1.67. The van der Waals surface area contributed by atoms with E-state index in [1.807, 2.05) is 0 Å². The number of nitrogens with zero attached hydrogens (tertiary/aromatic N) is 2. The van der Waals surface area contributed by atoms with Crippen molar-refractivity contribution in [3.63, 3.8) is 0 Å². The van der Waals surface area contributed by atoms with Crippen LogP contribution in [0.5, 0.6) is 0 Å². The van der Waals surface area contributed by atoms with Crippen molar-refractivity contribution in [1.82, 2.24) is 10.2 Å². The summed E-state index contributed by atoms with van der Waals surface area (Å²) >= 11 is 0. The van der Waals surface area contributed by atoms with Crippen molar-refractivity contribution in [2.75, 3.05) is 0 Å². The number of hydrogen-bond acceptors (Lipinski definition) is 10. The molecule has 0 saturated carbocycles. The van der Waals surface area contributed by atoms with Gasteiger partial charge in [-0.1, -0.05) is 0 Å². The molecule has 0 heterocycles. The summed E-state index contributed by atoms with van der Waals surface area (Å²) in [6.45, 7) is 0. The fourth-order valence-corrected chi connectivity index (χ4v) is 0.414. The lowest BCUT2D eigenvalue weighted by atomic mass is 10.2. The van der Waals surface area contributed by atoms with Crippen LogP contribution in [0.2, 0.25) is 0 Å². The maximum atomic E-state index is 5.34. The molecular formula is C2H16N10. The molecule has 10 nitrogen and oxygen atoms in total. The lowest BCUT2D eigenvalue weighted by Crippen LogP contribution is -2.91. The molecule has 0 amide bonds. The molecule has 0 aromatic rings. The van der Waals surface area contributed by atoms with Gasteiger partial charge >= 0.3 is 0 Å². The van der Waals surface area contributed by atoms with Crippen LogP contribution in [0.4, 0.5) is 0 Å². The van der Waals surface area contributed by atoms with Crippen molar-refractivity contribution in [3.8, 4) is 0 Å². The van der Waals surface area contributed by atoms with Gasteiger partial charge in [-0.15, -0.1) is 10.2 Å². The largest absolute Gasteiger partial charge is 0.295 e. The Morgan fingerprint density at radius 3 is 0.833 bits per heavy atom. The predicted octanol–water partition coefficient (Wildman–Crippen LogP) is -5.77. The zero-order valence-corrected chi connectivity index (χ0v) is 6.51. The molecule has 0 aliphatic heterocycles. The quantitative estimate of drug-likeness (QED) is 0.117. The van der Waals surface area contributed by atoms with Crippen LogP contribution in [0.1, 0.15) is 0 Å². The molecule has 12 heavy (non-hydrogen) atoms. The van der Waals surface area contributed by atoms with E-state index >= 15 is 0 Å². The molecule has 0 aliphatic rings. The first-order valence-corrected chi connectivity index (χ1v) is 2.88. The van der Waals surface area contributed by atoms with Crippen LogP contribution in [0, 0.1) is 0 Å². The molecule has 0 rings (SSSR count). The topological polar surface area (TPSA) is 215 Å². The van der Waals surface area contributed by atoms with Crippen LogP contribution in [0.25, 0.3) is 0 Å². The van der Waals surface area contributed by atoms with Gasteiger partial charge in [0.15, 0.2) is 11.6 Å². The standard InChI is InChI=1S/C2H16N10/c3-1(4,11(7)8)2(5,6)12(9)10/h3-10H2. The van der Waals surface area contributed by atoms with Gasteiger partial charge < -0.3 is 0 Å². The molecule has 0 unspecified atom stereocenters. The molecule has 0 radical (unpaired) electrons. The van der Waals surface area contributed by atoms with E-state index in [1.54, 1.807) is 0 Å². The maximum Gasteiger partial charge on any atom is 0.196 e. The molecule has 74 valence electrons. The monoisotopic (exact) mass is 180 g/mol. The highest BCUT2D eigenvalue weighted by atomic mass is 15.8. The zero-order valence-electron chi connectivity index (χ0n) is 6.51. The Balaban J connectivity index is 4.75. The van der Waals surface area contributed by atoms with Gasteiger partial charge in [-0.3, -0.25) is 46.3 Å². The van der Waals surface area contributed by atoms with Gasteiger partial charge in [-0.25, -0.2) is 0 Å². The smallest absolute Gasteiger partial charge is 0.196 e. The van der Waals surface area contributed by atoms with Crippen LogP contribution >= 0.6 is 0 Å². The Hall–Kier alpha value is -0.400. The highest BCUT2D eigenvalue weighted by molar-refractivity contribution is 4.92. The first-order chi connectivity index (χ1) is 5.14. The van der Waals surface area contributed by atoms with Crippen molar-refractivity contribution in [3.05, 3.63) is 0 Å². The first kappa shape index (κ1) is 11.6. The number of hydrogen-bond donors (Lipinski definition) is 8. The molecule has 0 atom stereocenters. The van der Waals surface area contributed by atoms with Crippen LogP contribution < -0.4 is 46.3 Å². The minimum absolute atomic E-state index is 0.416. The van der Waals surface area contributed by atoms with Gasteiger partial charge in [0.05, 0.1) is 0 Å². The van der Waals surface area contributed by atoms with Crippen LogP contribution in [-0.2, 0) is 0 Å². The highest BCUT2D eigenvalue weighted by Crippen LogP contribution is 2.04.